The highest BCUT2D eigenvalue weighted by Crippen LogP contribution is 2.29. The Bertz CT molecular complexity index is 1050. The number of benzene rings is 3. The van der Waals surface area contributed by atoms with E-state index in [9.17, 15) is 18.5 Å². The van der Waals surface area contributed by atoms with Crippen molar-refractivity contribution in [1.82, 2.24) is 0 Å². The summed E-state index contributed by atoms with van der Waals surface area (Å²) in [5.74, 6) is 0. The molecular formula is C20H18N2O4S. The normalized spacial score (nSPS) is 11.1. The van der Waals surface area contributed by atoms with Gasteiger partial charge in [0, 0.05) is 12.1 Å². The van der Waals surface area contributed by atoms with Crippen molar-refractivity contribution in [3.05, 3.63) is 100 Å². The van der Waals surface area contributed by atoms with Crippen LogP contribution < -0.4 is 4.31 Å². The molecule has 0 radical (unpaired) electrons. The third kappa shape index (κ3) is 3.98. The van der Waals surface area contributed by atoms with Gasteiger partial charge in [-0.1, -0.05) is 48.5 Å². The summed E-state index contributed by atoms with van der Waals surface area (Å²) in [4.78, 5) is 10.5. The number of non-ortho nitro benzene ring substituents is 1. The van der Waals surface area contributed by atoms with E-state index in [2.05, 4.69) is 0 Å². The SMILES string of the molecule is Cc1cc([N+](=O)[O-])ccc1S(=O)(=O)N(Cc1ccccc1)c1ccccc1. The lowest BCUT2D eigenvalue weighted by atomic mass is 10.2. The molecule has 0 bridgehead atoms. The van der Waals surface area contributed by atoms with Crippen molar-refractivity contribution >= 4 is 21.4 Å². The van der Waals surface area contributed by atoms with Crippen LogP contribution in [-0.4, -0.2) is 13.3 Å². The zero-order valence-corrected chi connectivity index (χ0v) is 15.5. The maximum absolute atomic E-state index is 13.4. The highest BCUT2D eigenvalue weighted by molar-refractivity contribution is 7.92. The molecule has 0 aliphatic carbocycles. The number of nitro benzene ring substituents is 1. The van der Waals surface area contributed by atoms with E-state index in [1.165, 1.54) is 22.5 Å². The minimum absolute atomic E-state index is 0.0490. The molecular weight excluding hydrogens is 364 g/mol. The first kappa shape index (κ1) is 18.6. The highest BCUT2D eigenvalue weighted by Gasteiger charge is 2.27. The number of para-hydroxylation sites is 1. The van der Waals surface area contributed by atoms with E-state index in [1.54, 1.807) is 31.2 Å². The van der Waals surface area contributed by atoms with Gasteiger partial charge in [0.05, 0.1) is 22.1 Å². The molecule has 0 aliphatic heterocycles. The molecule has 0 fully saturated rings. The molecule has 3 aromatic rings. The zero-order chi connectivity index (χ0) is 19.4. The fourth-order valence-corrected chi connectivity index (χ4v) is 4.48. The predicted molar refractivity (Wildman–Crippen MR) is 104 cm³/mol. The van der Waals surface area contributed by atoms with Gasteiger partial charge in [0.15, 0.2) is 0 Å². The second-order valence-corrected chi connectivity index (χ2v) is 7.87. The standard InChI is InChI=1S/C20H18N2O4S/c1-16-14-19(22(23)24)12-13-20(16)27(25,26)21(18-10-6-3-7-11-18)15-17-8-4-2-5-9-17/h2-14H,15H2,1H3. The predicted octanol–water partition coefficient (Wildman–Crippen LogP) is 4.30. The molecule has 0 saturated carbocycles. The number of rotatable bonds is 6. The van der Waals surface area contributed by atoms with Crippen LogP contribution in [0.25, 0.3) is 0 Å². The van der Waals surface area contributed by atoms with Gasteiger partial charge in [-0.2, -0.15) is 0 Å². The highest BCUT2D eigenvalue weighted by atomic mass is 32.2. The van der Waals surface area contributed by atoms with E-state index in [1.807, 2.05) is 36.4 Å². The third-order valence-corrected chi connectivity index (χ3v) is 6.08. The van der Waals surface area contributed by atoms with Crippen LogP contribution in [0.4, 0.5) is 11.4 Å². The summed E-state index contributed by atoms with van der Waals surface area (Å²) in [5.41, 5.74) is 1.56. The van der Waals surface area contributed by atoms with Crippen LogP contribution in [0, 0.1) is 17.0 Å². The van der Waals surface area contributed by atoms with Crippen molar-refractivity contribution in [3.8, 4) is 0 Å². The van der Waals surface area contributed by atoms with Crippen LogP contribution in [0.5, 0.6) is 0 Å². The summed E-state index contributed by atoms with van der Waals surface area (Å²) < 4.78 is 28.1. The first-order chi connectivity index (χ1) is 12.9. The number of anilines is 1. The number of nitro groups is 1. The Morgan fingerprint density at radius 2 is 1.52 bits per heavy atom. The van der Waals surface area contributed by atoms with E-state index in [-0.39, 0.29) is 17.1 Å². The molecule has 3 rings (SSSR count). The number of sulfonamides is 1. The van der Waals surface area contributed by atoms with Crippen molar-refractivity contribution in [2.45, 2.75) is 18.4 Å². The van der Waals surface area contributed by atoms with Gasteiger partial charge in [0.25, 0.3) is 15.7 Å². The largest absolute Gasteiger partial charge is 0.269 e. The Hall–Kier alpha value is -3.19. The smallest absolute Gasteiger partial charge is 0.262 e. The molecule has 7 heteroatoms. The first-order valence-corrected chi connectivity index (χ1v) is 9.70. The van der Waals surface area contributed by atoms with Crippen molar-refractivity contribution in [2.75, 3.05) is 4.31 Å². The van der Waals surface area contributed by atoms with Gasteiger partial charge in [0.2, 0.25) is 0 Å². The van der Waals surface area contributed by atoms with Gasteiger partial charge in [-0.25, -0.2) is 8.42 Å². The maximum Gasteiger partial charge on any atom is 0.269 e. The quantitative estimate of drug-likeness (QED) is 0.470. The van der Waals surface area contributed by atoms with Crippen molar-refractivity contribution in [1.29, 1.82) is 0 Å². The van der Waals surface area contributed by atoms with E-state index < -0.39 is 14.9 Å². The van der Waals surface area contributed by atoms with Crippen molar-refractivity contribution < 1.29 is 13.3 Å². The molecule has 0 unspecified atom stereocenters. The Balaban J connectivity index is 2.09. The van der Waals surface area contributed by atoms with Gasteiger partial charge in [0.1, 0.15) is 0 Å². The van der Waals surface area contributed by atoms with E-state index in [0.29, 0.717) is 11.3 Å². The molecule has 0 aromatic heterocycles. The lowest BCUT2D eigenvalue weighted by Crippen LogP contribution is -2.31. The fourth-order valence-electron chi connectivity index (χ4n) is 2.81. The van der Waals surface area contributed by atoms with E-state index in [0.717, 1.165) is 5.56 Å². The summed E-state index contributed by atoms with van der Waals surface area (Å²) in [5, 5.41) is 11.0. The van der Waals surface area contributed by atoms with Crippen LogP contribution in [0.3, 0.4) is 0 Å². The molecule has 27 heavy (non-hydrogen) atoms. The van der Waals surface area contributed by atoms with Gasteiger partial charge in [-0.3, -0.25) is 14.4 Å². The fraction of sp³-hybridized carbons (Fsp3) is 0.100. The molecule has 0 N–H and O–H groups in total. The van der Waals surface area contributed by atoms with Crippen LogP contribution >= 0.6 is 0 Å². The lowest BCUT2D eigenvalue weighted by molar-refractivity contribution is -0.385. The first-order valence-electron chi connectivity index (χ1n) is 8.26. The minimum Gasteiger partial charge on any atom is -0.262 e. The summed E-state index contributed by atoms with van der Waals surface area (Å²) in [6.07, 6.45) is 0. The topological polar surface area (TPSA) is 80.5 Å². The number of aryl methyl sites for hydroxylation is 1. The Kier molecular flexibility index (Phi) is 5.23. The van der Waals surface area contributed by atoms with Crippen LogP contribution in [0.1, 0.15) is 11.1 Å². The Labute approximate surface area is 157 Å². The van der Waals surface area contributed by atoms with Gasteiger partial charge >= 0.3 is 0 Å². The summed E-state index contributed by atoms with van der Waals surface area (Å²) >= 11 is 0. The number of hydrogen-bond acceptors (Lipinski definition) is 4. The van der Waals surface area contributed by atoms with Crippen molar-refractivity contribution in [3.63, 3.8) is 0 Å². The Morgan fingerprint density at radius 3 is 2.07 bits per heavy atom. The molecule has 0 heterocycles. The number of hydrogen-bond donors (Lipinski definition) is 0. The molecule has 138 valence electrons. The van der Waals surface area contributed by atoms with Gasteiger partial charge in [-0.15, -0.1) is 0 Å². The summed E-state index contributed by atoms with van der Waals surface area (Å²) in [6.45, 7) is 1.72. The zero-order valence-electron chi connectivity index (χ0n) is 14.6. The average Bonchev–Trinajstić information content (AvgIpc) is 2.67. The molecule has 3 aromatic carbocycles. The van der Waals surface area contributed by atoms with Crippen molar-refractivity contribution in [2.24, 2.45) is 0 Å². The second kappa shape index (κ2) is 7.59. The Morgan fingerprint density at radius 1 is 0.926 bits per heavy atom. The minimum atomic E-state index is -3.91. The summed E-state index contributed by atoms with van der Waals surface area (Å²) in [6, 6.07) is 21.9. The molecule has 0 amide bonds. The van der Waals surface area contributed by atoms with Crippen LogP contribution in [-0.2, 0) is 16.6 Å². The van der Waals surface area contributed by atoms with E-state index in [4.69, 9.17) is 0 Å². The van der Waals surface area contributed by atoms with E-state index >= 15 is 0 Å². The molecule has 0 atom stereocenters. The maximum atomic E-state index is 13.4. The second-order valence-electron chi connectivity index (χ2n) is 6.04. The number of nitrogens with zero attached hydrogens (tertiary/aromatic N) is 2. The van der Waals surface area contributed by atoms with Gasteiger partial charge in [-0.05, 0) is 36.2 Å². The summed E-state index contributed by atoms with van der Waals surface area (Å²) in [7, 11) is -3.91. The molecule has 6 nitrogen and oxygen atoms in total. The monoisotopic (exact) mass is 382 g/mol. The van der Waals surface area contributed by atoms with Crippen LogP contribution in [0.2, 0.25) is 0 Å². The van der Waals surface area contributed by atoms with Gasteiger partial charge < -0.3 is 0 Å². The molecule has 0 spiro atoms. The molecule has 0 saturated heterocycles. The molecule has 0 aliphatic rings. The lowest BCUT2D eigenvalue weighted by Gasteiger charge is -2.25. The average molecular weight is 382 g/mol. The van der Waals surface area contributed by atoms with Crippen LogP contribution in [0.15, 0.2) is 83.8 Å². The third-order valence-electron chi connectivity index (χ3n) is 4.15.